The Bertz CT molecular complexity index is 130. The summed E-state index contributed by atoms with van der Waals surface area (Å²) in [4.78, 5) is 15.8. The molecule has 0 spiro atoms. The molecular weight excluding hydrogens is 104 g/mol. The number of rotatable bonds is 1. The minimum absolute atomic E-state index is 0.574. The number of amidine groups is 1. The zero-order chi connectivity index (χ0) is 5.98. The van der Waals surface area contributed by atoms with Crippen LogP contribution in [0.25, 0.3) is 0 Å². The van der Waals surface area contributed by atoms with Gasteiger partial charge in [0.25, 0.3) is 0 Å². The van der Waals surface area contributed by atoms with Crippen LogP contribution in [-0.4, -0.2) is 37.2 Å². The highest BCUT2D eigenvalue weighted by Crippen LogP contribution is 1.93. The summed E-state index contributed by atoms with van der Waals surface area (Å²) in [6, 6.07) is 0. The molecule has 0 aromatic rings. The fraction of sp³-hybridized carbons (Fsp3) is 0.600. The SMILES string of the molecule is CN1CCN=C1C=O. The number of aliphatic imine (C=N–C) groups is 1. The number of hydrogen-bond acceptors (Lipinski definition) is 3. The Morgan fingerprint density at radius 2 is 2.62 bits per heavy atom. The van der Waals surface area contributed by atoms with Gasteiger partial charge in [-0.25, -0.2) is 0 Å². The topological polar surface area (TPSA) is 32.7 Å². The van der Waals surface area contributed by atoms with Crippen LogP contribution in [0.3, 0.4) is 0 Å². The number of hydrogen-bond donors (Lipinski definition) is 0. The second-order valence-corrected chi connectivity index (χ2v) is 1.78. The fourth-order valence-corrected chi connectivity index (χ4v) is 0.677. The van der Waals surface area contributed by atoms with Crippen molar-refractivity contribution in [2.75, 3.05) is 20.1 Å². The van der Waals surface area contributed by atoms with Crippen molar-refractivity contribution in [3.8, 4) is 0 Å². The summed E-state index contributed by atoms with van der Waals surface area (Å²) in [6.45, 7) is 1.65. The number of nitrogens with zero attached hydrogens (tertiary/aromatic N) is 2. The fourth-order valence-electron chi connectivity index (χ4n) is 0.677. The number of likely N-dealkylation sites (N-methyl/N-ethyl adjacent to an activating group) is 1. The highest BCUT2D eigenvalue weighted by atomic mass is 16.1. The molecule has 0 saturated carbocycles. The molecule has 8 heavy (non-hydrogen) atoms. The van der Waals surface area contributed by atoms with E-state index in [1.54, 1.807) is 0 Å². The number of carbonyl (C=O) groups is 1. The van der Waals surface area contributed by atoms with E-state index in [4.69, 9.17) is 0 Å². The molecule has 1 aliphatic rings. The van der Waals surface area contributed by atoms with E-state index in [2.05, 4.69) is 4.99 Å². The molecule has 0 fully saturated rings. The van der Waals surface area contributed by atoms with Crippen LogP contribution >= 0.6 is 0 Å². The average Bonchev–Trinajstić information content (AvgIpc) is 2.14. The van der Waals surface area contributed by atoms with Crippen molar-refractivity contribution in [1.82, 2.24) is 4.90 Å². The second-order valence-electron chi connectivity index (χ2n) is 1.78. The largest absolute Gasteiger partial charge is 0.355 e. The summed E-state index contributed by atoms with van der Waals surface area (Å²) in [6.07, 6.45) is 0.785. The van der Waals surface area contributed by atoms with E-state index in [9.17, 15) is 4.79 Å². The van der Waals surface area contributed by atoms with E-state index < -0.39 is 0 Å². The molecule has 1 heterocycles. The second kappa shape index (κ2) is 1.94. The van der Waals surface area contributed by atoms with E-state index >= 15 is 0 Å². The van der Waals surface area contributed by atoms with E-state index in [1.165, 1.54) is 0 Å². The normalized spacial score (nSPS) is 18.6. The standard InChI is InChI=1S/C5H8N2O/c1-7-3-2-6-5(7)4-8/h4H,2-3H2,1H3. The summed E-state index contributed by atoms with van der Waals surface area (Å²) < 4.78 is 0. The lowest BCUT2D eigenvalue weighted by atomic mass is 10.6. The van der Waals surface area contributed by atoms with Gasteiger partial charge in [-0.15, -0.1) is 0 Å². The van der Waals surface area contributed by atoms with Gasteiger partial charge in [-0.3, -0.25) is 9.79 Å². The molecule has 0 bridgehead atoms. The molecule has 3 nitrogen and oxygen atoms in total. The lowest BCUT2D eigenvalue weighted by Crippen LogP contribution is -2.23. The van der Waals surface area contributed by atoms with Crippen molar-refractivity contribution in [3.05, 3.63) is 0 Å². The minimum atomic E-state index is 0.574. The summed E-state index contributed by atoms with van der Waals surface area (Å²) in [5.41, 5.74) is 0. The Hall–Kier alpha value is -0.860. The van der Waals surface area contributed by atoms with Gasteiger partial charge in [-0.2, -0.15) is 0 Å². The van der Waals surface area contributed by atoms with Crippen molar-refractivity contribution in [2.45, 2.75) is 0 Å². The predicted octanol–water partition coefficient (Wildman–Crippen LogP) is -0.471. The molecule has 0 radical (unpaired) electrons. The molecule has 0 unspecified atom stereocenters. The van der Waals surface area contributed by atoms with Crippen molar-refractivity contribution in [1.29, 1.82) is 0 Å². The predicted molar refractivity (Wildman–Crippen MR) is 31.0 cm³/mol. The first-order valence-electron chi connectivity index (χ1n) is 2.55. The first-order chi connectivity index (χ1) is 3.84. The quantitative estimate of drug-likeness (QED) is 0.429. The van der Waals surface area contributed by atoms with Crippen LogP contribution in [0.5, 0.6) is 0 Å². The van der Waals surface area contributed by atoms with E-state index in [-0.39, 0.29) is 0 Å². The van der Waals surface area contributed by atoms with Gasteiger partial charge in [0.2, 0.25) is 0 Å². The maximum atomic E-state index is 10.0. The Labute approximate surface area is 48.0 Å². The van der Waals surface area contributed by atoms with Gasteiger partial charge < -0.3 is 4.90 Å². The third-order valence-electron chi connectivity index (χ3n) is 1.21. The zero-order valence-corrected chi connectivity index (χ0v) is 4.79. The van der Waals surface area contributed by atoms with Crippen LogP contribution < -0.4 is 0 Å². The van der Waals surface area contributed by atoms with Crippen LogP contribution in [-0.2, 0) is 4.79 Å². The number of aldehydes is 1. The first-order valence-corrected chi connectivity index (χ1v) is 2.55. The van der Waals surface area contributed by atoms with Crippen molar-refractivity contribution >= 4 is 12.1 Å². The monoisotopic (exact) mass is 112 g/mol. The summed E-state index contributed by atoms with van der Waals surface area (Å²) in [5.74, 6) is 0.574. The van der Waals surface area contributed by atoms with Crippen LogP contribution in [0, 0.1) is 0 Å². The Morgan fingerprint density at radius 1 is 1.88 bits per heavy atom. The third kappa shape index (κ3) is 0.710. The van der Waals surface area contributed by atoms with Gasteiger partial charge in [-0.05, 0) is 0 Å². The van der Waals surface area contributed by atoms with Gasteiger partial charge in [0.15, 0.2) is 12.1 Å². The molecule has 0 aromatic carbocycles. The van der Waals surface area contributed by atoms with Gasteiger partial charge in [0, 0.05) is 13.6 Å². The molecule has 0 aliphatic carbocycles. The van der Waals surface area contributed by atoms with Crippen LogP contribution in [0.15, 0.2) is 4.99 Å². The molecule has 0 aromatic heterocycles. The Morgan fingerprint density at radius 3 is 2.88 bits per heavy atom. The summed E-state index contributed by atoms with van der Waals surface area (Å²) >= 11 is 0. The smallest absolute Gasteiger partial charge is 0.184 e. The molecule has 1 rings (SSSR count). The molecule has 44 valence electrons. The molecular formula is C5H8N2O. The van der Waals surface area contributed by atoms with Crippen LogP contribution in [0.2, 0.25) is 0 Å². The molecule has 0 N–H and O–H groups in total. The maximum Gasteiger partial charge on any atom is 0.184 e. The number of carbonyl (C=O) groups excluding carboxylic acids is 1. The Kier molecular flexibility index (Phi) is 1.28. The van der Waals surface area contributed by atoms with Crippen LogP contribution in [0.1, 0.15) is 0 Å². The van der Waals surface area contributed by atoms with Crippen molar-refractivity contribution in [3.63, 3.8) is 0 Å². The van der Waals surface area contributed by atoms with Crippen molar-refractivity contribution < 1.29 is 4.79 Å². The maximum absolute atomic E-state index is 10.0. The molecule has 0 amide bonds. The lowest BCUT2D eigenvalue weighted by molar-refractivity contribution is -0.103. The van der Waals surface area contributed by atoms with Gasteiger partial charge in [0.1, 0.15) is 0 Å². The Balaban J connectivity index is 2.62. The summed E-state index contributed by atoms with van der Waals surface area (Å²) in [7, 11) is 1.86. The first kappa shape index (κ1) is 5.28. The van der Waals surface area contributed by atoms with E-state index in [0.29, 0.717) is 5.84 Å². The van der Waals surface area contributed by atoms with Crippen LogP contribution in [0.4, 0.5) is 0 Å². The highest BCUT2D eigenvalue weighted by Gasteiger charge is 2.09. The molecule has 0 atom stereocenters. The minimum Gasteiger partial charge on any atom is -0.355 e. The molecule has 0 saturated heterocycles. The highest BCUT2D eigenvalue weighted by molar-refractivity contribution is 6.27. The summed E-state index contributed by atoms with van der Waals surface area (Å²) in [5, 5.41) is 0. The lowest BCUT2D eigenvalue weighted by Gasteiger charge is -2.06. The zero-order valence-electron chi connectivity index (χ0n) is 4.79. The van der Waals surface area contributed by atoms with E-state index in [1.807, 2.05) is 11.9 Å². The molecule has 3 heteroatoms. The van der Waals surface area contributed by atoms with Gasteiger partial charge in [0.05, 0.1) is 6.54 Å². The third-order valence-corrected chi connectivity index (χ3v) is 1.21. The molecule has 1 aliphatic heterocycles. The average molecular weight is 112 g/mol. The van der Waals surface area contributed by atoms with E-state index in [0.717, 1.165) is 19.4 Å². The van der Waals surface area contributed by atoms with Gasteiger partial charge >= 0.3 is 0 Å². The van der Waals surface area contributed by atoms with Crippen molar-refractivity contribution in [2.24, 2.45) is 4.99 Å². The van der Waals surface area contributed by atoms with Gasteiger partial charge in [-0.1, -0.05) is 0 Å².